The van der Waals surface area contributed by atoms with E-state index < -0.39 is 11.5 Å². The maximum Gasteiger partial charge on any atom is 0.327 e. The highest BCUT2D eigenvalue weighted by molar-refractivity contribution is 6.32. The quantitative estimate of drug-likeness (QED) is 0.605. The van der Waals surface area contributed by atoms with E-state index in [-0.39, 0.29) is 11.6 Å². The molecule has 1 aromatic rings. The Bertz CT molecular complexity index is 472. The summed E-state index contributed by atoms with van der Waals surface area (Å²) >= 11 is 5.85. The second-order valence-corrected chi connectivity index (χ2v) is 3.80. The van der Waals surface area contributed by atoms with E-state index in [2.05, 4.69) is 15.3 Å². The molecule has 1 aromatic heterocycles. The number of esters is 1. The van der Waals surface area contributed by atoms with Crippen LogP contribution in [0, 0.1) is 0 Å². The minimum Gasteiger partial charge on any atom is -0.468 e. The van der Waals surface area contributed by atoms with E-state index in [0.717, 1.165) is 4.68 Å². The summed E-state index contributed by atoms with van der Waals surface area (Å²) < 4.78 is 5.38. The number of hydrogen-bond acceptors (Lipinski definition) is 6. The third-order valence-corrected chi connectivity index (χ3v) is 2.20. The third-order valence-electron chi connectivity index (χ3n) is 1.84. The molecule has 0 amide bonds. The topological polar surface area (TPSA) is 76.5 Å². The standard InChI is InChI=1S/C9H13ClN4O3/c1-13(2)12-6-4-11-14(5-7(15)17-3)9(16)8(6)10/h4,12H,5H2,1-3H3. The van der Waals surface area contributed by atoms with Crippen molar-refractivity contribution >= 4 is 23.3 Å². The van der Waals surface area contributed by atoms with Crippen LogP contribution in [0.15, 0.2) is 11.0 Å². The Balaban J connectivity index is 3.02. The van der Waals surface area contributed by atoms with Gasteiger partial charge in [0.25, 0.3) is 5.56 Å². The lowest BCUT2D eigenvalue weighted by Gasteiger charge is -2.14. The minimum absolute atomic E-state index is 0.0300. The van der Waals surface area contributed by atoms with Crippen LogP contribution in [0.3, 0.4) is 0 Å². The third kappa shape index (κ3) is 3.43. The number of carbonyl (C=O) groups excluding carboxylic acids is 1. The van der Waals surface area contributed by atoms with Gasteiger partial charge in [-0.1, -0.05) is 11.6 Å². The molecule has 17 heavy (non-hydrogen) atoms. The van der Waals surface area contributed by atoms with Crippen molar-refractivity contribution in [2.75, 3.05) is 26.6 Å². The summed E-state index contributed by atoms with van der Waals surface area (Å²) in [5, 5.41) is 5.40. The average Bonchev–Trinajstić information content (AvgIpc) is 2.28. The molecule has 0 fully saturated rings. The molecule has 0 aliphatic carbocycles. The van der Waals surface area contributed by atoms with E-state index in [1.165, 1.54) is 13.3 Å². The van der Waals surface area contributed by atoms with E-state index >= 15 is 0 Å². The molecule has 0 spiro atoms. The van der Waals surface area contributed by atoms with Gasteiger partial charge in [-0.3, -0.25) is 9.59 Å². The Hall–Kier alpha value is -1.60. The molecular formula is C9H13ClN4O3. The molecule has 0 aliphatic rings. The molecule has 1 rings (SSSR count). The Kier molecular flexibility index (Phi) is 4.47. The Morgan fingerprint density at radius 1 is 1.65 bits per heavy atom. The second-order valence-electron chi connectivity index (χ2n) is 3.42. The molecule has 7 nitrogen and oxygen atoms in total. The van der Waals surface area contributed by atoms with Gasteiger partial charge >= 0.3 is 5.97 Å². The fourth-order valence-electron chi connectivity index (χ4n) is 1.08. The predicted octanol–water partition coefficient (Wildman–Crippen LogP) is -0.0418. The zero-order chi connectivity index (χ0) is 13.0. The van der Waals surface area contributed by atoms with Gasteiger partial charge in [-0.2, -0.15) is 5.10 Å². The van der Waals surface area contributed by atoms with Gasteiger partial charge in [0.15, 0.2) is 0 Å². The van der Waals surface area contributed by atoms with Crippen LogP contribution in [0.2, 0.25) is 5.02 Å². The van der Waals surface area contributed by atoms with E-state index in [4.69, 9.17) is 11.6 Å². The van der Waals surface area contributed by atoms with Crippen LogP contribution < -0.4 is 11.0 Å². The van der Waals surface area contributed by atoms with Gasteiger partial charge in [-0.25, -0.2) is 9.69 Å². The number of nitrogens with zero attached hydrogens (tertiary/aromatic N) is 3. The molecule has 94 valence electrons. The van der Waals surface area contributed by atoms with E-state index in [1.807, 2.05) is 0 Å². The summed E-state index contributed by atoms with van der Waals surface area (Å²) in [5.74, 6) is -0.566. The highest BCUT2D eigenvalue weighted by Gasteiger charge is 2.12. The molecule has 1 heterocycles. The average molecular weight is 261 g/mol. The number of anilines is 1. The first-order valence-corrected chi connectivity index (χ1v) is 5.10. The summed E-state index contributed by atoms with van der Waals surface area (Å²) in [6, 6.07) is 0. The number of rotatable bonds is 4. The van der Waals surface area contributed by atoms with Crippen LogP contribution in [0.4, 0.5) is 5.69 Å². The highest BCUT2D eigenvalue weighted by atomic mass is 35.5. The van der Waals surface area contributed by atoms with Crippen LogP contribution in [-0.2, 0) is 16.1 Å². The van der Waals surface area contributed by atoms with Crippen molar-refractivity contribution in [1.29, 1.82) is 0 Å². The second kappa shape index (κ2) is 5.65. The zero-order valence-corrected chi connectivity index (χ0v) is 10.5. The van der Waals surface area contributed by atoms with Crippen LogP contribution in [0.1, 0.15) is 0 Å². The van der Waals surface area contributed by atoms with Crippen molar-refractivity contribution in [3.63, 3.8) is 0 Å². The molecule has 0 aliphatic heterocycles. The van der Waals surface area contributed by atoms with Crippen molar-refractivity contribution in [1.82, 2.24) is 14.8 Å². The van der Waals surface area contributed by atoms with Crippen LogP contribution in [0.5, 0.6) is 0 Å². The van der Waals surface area contributed by atoms with Crippen molar-refractivity contribution in [3.8, 4) is 0 Å². The summed E-state index contributed by atoms with van der Waals surface area (Å²) in [4.78, 5) is 22.7. The number of ether oxygens (including phenoxy) is 1. The van der Waals surface area contributed by atoms with E-state index in [1.54, 1.807) is 19.1 Å². The summed E-state index contributed by atoms with van der Waals surface area (Å²) in [5.41, 5.74) is 2.64. The fraction of sp³-hybridized carbons (Fsp3) is 0.444. The van der Waals surface area contributed by atoms with Crippen molar-refractivity contribution in [3.05, 3.63) is 21.6 Å². The van der Waals surface area contributed by atoms with Crippen molar-refractivity contribution in [2.24, 2.45) is 0 Å². The Morgan fingerprint density at radius 3 is 2.82 bits per heavy atom. The SMILES string of the molecule is COC(=O)Cn1ncc(NN(C)C)c(Cl)c1=O. The van der Waals surface area contributed by atoms with E-state index in [0.29, 0.717) is 5.69 Å². The smallest absolute Gasteiger partial charge is 0.327 e. The predicted molar refractivity (Wildman–Crippen MR) is 62.8 cm³/mol. The van der Waals surface area contributed by atoms with Crippen LogP contribution in [-0.4, -0.2) is 42.0 Å². The van der Waals surface area contributed by atoms with Gasteiger partial charge in [0, 0.05) is 14.1 Å². The van der Waals surface area contributed by atoms with Gasteiger partial charge in [0.05, 0.1) is 19.0 Å². The lowest BCUT2D eigenvalue weighted by molar-refractivity contribution is -0.141. The molecule has 0 radical (unpaired) electrons. The first kappa shape index (κ1) is 13.5. The van der Waals surface area contributed by atoms with Gasteiger partial charge < -0.3 is 10.2 Å². The number of carbonyl (C=O) groups is 1. The van der Waals surface area contributed by atoms with E-state index in [9.17, 15) is 9.59 Å². The lowest BCUT2D eigenvalue weighted by Crippen LogP contribution is -2.29. The zero-order valence-electron chi connectivity index (χ0n) is 9.73. The molecule has 0 aromatic carbocycles. The molecule has 8 heteroatoms. The highest BCUT2D eigenvalue weighted by Crippen LogP contribution is 2.14. The van der Waals surface area contributed by atoms with Crippen molar-refractivity contribution < 1.29 is 9.53 Å². The number of halogens is 1. The minimum atomic E-state index is -0.566. The summed E-state index contributed by atoms with van der Waals surface area (Å²) in [6.07, 6.45) is 1.37. The molecule has 0 saturated carbocycles. The first-order valence-electron chi connectivity index (χ1n) is 4.72. The molecular weight excluding hydrogens is 248 g/mol. The fourth-order valence-corrected chi connectivity index (χ4v) is 1.27. The Morgan fingerprint density at radius 2 is 2.29 bits per heavy atom. The maximum absolute atomic E-state index is 11.7. The number of aromatic nitrogens is 2. The first-order chi connectivity index (χ1) is 7.95. The molecule has 1 N–H and O–H groups in total. The van der Waals surface area contributed by atoms with Gasteiger partial charge in [0.1, 0.15) is 11.6 Å². The molecule has 0 saturated heterocycles. The number of methoxy groups -OCH3 is 1. The van der Waals surface area contributed by atoms with Gasteiger partial charge in [-0.05, 0) is 0 Å². The number of hydrazine groups is 1. The number of hydrogen-bond donors (Lipinski definition) is 1. The molecule has 0 bridgehead atoms. The lowest BCUT2D eigenvalue weighted by atomic mass is 10.4. The molecule has 0 unspecified atom stereocenters. The van der Waals surface area contributed by atoms with Crippen LogP contribution in [0.25, 0.3) is 0 Å². The normalized spacial score (nSPS) is 10.4. The summed E-state index contributed by atoms with van der Waals surface area (Å²) in [6.45, 7) is -0.267. The van der Waals surface area contributed by atoms with Gasteiger partial charge in [-0.15, -0.1) is 0 Å². The Labute approximate surface area is 103 Å². The largest absolute Gasteiger partial charge is 0.468 e. The number of nitrogens with one attached hydrogen (secondary N) is 1. The molecule has 0 atom stereocenters. The monoisotopic (exact) mass is 260 g/mol. The van der Waals surface area contributed by atoms with Gasteiger partial charge in [0.2, 0.25) is 0 Å². The maximum atomic E-state index is 11.7. The van der Waals surface area contributed by atoms with Crippen LogP contribution >= 0.6 is 11.6 Å². The van der Waals surface area contributed by atoms with Crippen molar-refractivity contribution in [2.45, 2.75) is 6.54 Å². The summed E-state index contributed by atoms with van der Waals surface area (Å²) in [7, 11) is 4.73.